The summed E-state index contributed by atoms with van der Waals surface area (Å²) in [5.41, 5.74) is 0.421. The summed E-state index contributed by atoms with van der Waals surface area (Å²) in [7, 11) is 1.98. The molecule has 0 aliphatic heterocycles. The van der Waals surface area contributed by atoms with E-state index < -0.39 is 5.97 Å². The Labute approximate surface area is 122 Å². The Bertz CT molecular complexity index is 477. The summed E-state index contributed by atoms with van der Waals surface area (Å²) in [5, 5.41) is 9.80. The predicted molar refractivity (Wildman–Crippen MR) is 78.5 cm³/mol. The van der Waals surface area contributed by atoms with Gasteiger partial charge in [0, 0.05) is 13.1 Å². The molecule has 19 heavy (non-hydrogen) atoms. The van der Waals surface area contributed by atoms with Crippen molar-refractivity contribution < 1.29 is 9.90 Å². The van der Waals surface area contributed by atoms with Gasteiger partial charge in [0.2, 0.25) is 0 Å². The minimum Gasteiger partial charge on any atom is -0.477 e. The standard InChI is InChI=1S/C13H19ClN2O2S/c1-13(2)6-4-8(5-7-13)16(3)12-15-10(14)9(19-12)11(17)18/h8H,4-7H2,1-3H3,(H,17,18). The van der Waals surface area contributed by atoms with E-state index in [1.165, 1.54) is 12.8 Å². The summed E-state index contributed by atoms with van der Waals surface area (Å²) in [6.07, 6.45) is 4.60. The Morgan fingerprint density at radius 3 is 2.53 bits per heavy atom. The zero-order valence-electron chi connectivity index (χ0n) is 11.4. The summed E-state index contributed by atoms with van der Waals surface area (Å²) < 4.78 is 0. The van der Waals surface area contributed by atoms with Crippen molar-refractivity contribution in [2.24, 2.45) is 5.41 Å². The second-order valence-electron chi connectivity index (χ2n) is 5.93. The molecular weight excluding hydrogens is 284 g/mol. The van der Waals surface area contributed by atoms with Crippen LogP contribution < -0.4 is 4.90 Å². The Morgan fingerprint density at radius 1 is 1.47 bits per heavy atom. The molecule has 6 heteroatoms. The molecule has 1 aromatic heterocycles. The Balaban J connectivity index is 2.10. The molecule has 0 amide bonds. The lowest BCUT2D eigenvalue weighted by Gasteiger charge is -2.38. The van der Waals surface area contributed by atoms with Gasteiger partial charge in [-0.15, -0.1) is 0 Å². The molecule has 0 bridgehead atoms. The maximum Gasteiger partial charge on any atom is 0.349 e. The summed E-state index contributed by atoms with van der Waals surface area (Å²) in [5.74, 6) is -1.01. The van der Waals surface area contributed by atoms with Crippen molar-refractivity contribution in [3.63, 3.8) is 0 Å². The number of aromatic carboxylic acids is 1. The SMILES string of the molecule is CN(c1nc(Cl)c(C(=O)O)s1)C1CCC(C)(C)CC1. The maximum absolute atomic E-state index is 11.0. The number of hydrogen-bond donors (Lipinski definition) is 1. The molecule has 0 saturated heterocycles. The number of aromatic nitrogens is 1. The molecule has 0 atom stereocenters. The maximum atomic E-state index is 11.0. The number of nitrogens with zero attached hydrogens (tertiary/aromatic N) is 2. The van der Waals surface area contributed by atoms with Gasteiger partial charge in [-0.3, -0.25) is 0 Å². The first kappa shape index (κ1) is 14.6. The van der Waals surface area contributed by atoms with E-state index in [1.54, 1.807) is 0 Å². The summed E-state index contributed by atoms with van der Waals surface area (Å²) in [6, 6.07) is 0.428. The molecule has 1 fully saturated rings. The first-order chi connectivity index (χ1) is 8.80. The third-order valence-electron chi connectivity index (χ3n) is 3.93. The molecular formula is C13H19ClN2O2S. The minimum absolute atomic E-state index is 0.0930. The number of carboxylic acid groups (broad SMARTS) is 1. The molecule has 1 aliphatic rings. The molecule has 1 saturated carbocycles. The van der Waals surface area contributed by atoms with Gasteiger partial charge in [0.15, 0.2) is 15.2 Å². The number of anilines is 1. The van der Waals surface area contributed by atoms with E-state index in [2.05, 4.69) is 23.7 Å². The lowest BCUT2D eigenvalue weighted by molar-refractivity contribution is 0.0702. The van der Waals surface area contributed by atoms with Crippen LogP contribution in [0.2, 0.25) is 5.15 Å². The van der Waals surface area contributed by atoms with Gasteiger partial charge in [-0.05, 0) is 31.1 Å². The van der Waals surface area contributed by atoms with Gasteiger partial charge in [0.05, 0.1) is 0 Å². The van der Waals surface area contributed by atoms with Crippen LogP contribution in [0, 0.1) is 5.41 Å². The third-order valence-corrected chi connectivity index (χ3v) is 5.45. The number of rotatable bonds is 3. The predicted octanol–water partition coefficient (Wildman–Crippen LogP) is 3.90. The quantitative estimate of drug-likeness (QED) is 0.920. The van der Waals surface area contributed by atoms with Crippen LogP contribution in [0.1, 0.15) is 49.2 Å². The number of thiazole rings is 1. The van der Waals surface area contributed by atoms with E-state index in [0.717, 1.165) is 24.2 Å². The average Bonchev–Trinajstić information content (AvgIpc) is 2.70. The first-order valence-corrected chi connectivity index (χ1v) is 7.62. The number of hydrogen-bond acceptors (Lipinski definition) is 4. The topological polar surface area (TPSA) is 53.4 Å². The molecule has 1 aliphatic carbocycles. The van der Waals surface area contributed by atoms with Crippen LogP contribution in [0.15, 0.2) is 0 Å². The molecule has 1 heterocycles. The molecule has 0 aromatic carbocycles. The van der Waals surface area contributed by atoms with Crippen molar-refractivity contribution in [1.29, 1.82) is 0 Å². The van der Waals surface area contributed by atoms with E-state index in [0.29, 0.717) is 16.6 Å². The van der Waals surface area contributed by atoms with Crippen LogP contribution in [-0.2, 0) is 0 Å². The second-order valence-corrected chi connectivity index (χ2v) is 7.26. The monoisotopic (exact) mass is 302 g/mol. The zero-order valence-corrected chi connectivity index (χ0v) is 13.0. The van der Waals surface area contributed by atoms with Crippen LogP contribution in [0.25, 0.3) is 0 Å². The summed E-state index contributed by atoms with van der Waals surface area (Å²) >= 11 is 7.01. The van der Waals surface area contributed by atoms with Crippen LogP contribution in [-0.4, -0.2) is 29.1 Å². The average molecular weight is 303 g/mol. The van der Waals surface area contributed by atoms with Gasteiger partial charge in [-0.25, -0.2) is 9.78 Å². The van der Waals surface area contributed by atoms with E-state index in [1.807, 2.05) is 7.05 Å². The molecule has 0 radical (unpaired) electrons. The number of halogens is 1. The van der Waals surface area contributed by atoms with Gasteiger partial charge < -0.3 is 10.0 Å². The van der Waals surface area contributed by atoms with Crippen molar-refractivity contribution in [1.82, 2.24) is 4.98 Å². The fraction of sp³-hybridized carbons (Fsp3) is 0.692. The molecule has 1 aromatic rings. The van der Waals surface area contributed by atoms with Gasteiger partial charge >= 0.3 is 5.97 Å². The summed E-state index contributed by atoms with van der Waals surface area (Å²) in [6.45, 7) is 4.60. The molecule has 0 spiro atoms. The highest BCUT2D eigenvalue weighted by Crippen LogP contribution is 2.39. The third kappa shape index (κ3) is 3.20. The molecule has 106 valence electrons. The van der Waals surface area contributed by atoms with Crippen molar-refractivity contribution >= 4 is 34.0 Å². The van der Waals surface area contributed by atoms with Crippen molar-refractivity contribution in [3.05, 3.63) is 10.0 Å². The molecule has 4 nitrogen and oxygen atoms in total. The van der Waals surface area contributed by atoms with Gasteiger partial charge in [-0.1, -0.05) is 36.8 Å². The van der Waals surface area contributed by atoms with E-state index in [-0.39, 0.29) is 10.0 Å². The van der Waals surface area contributed by atoms with E-state index in [4.69, 9.17) is 16.7 Å². The highest BCUT2D eigenvalue weighted by Gasteiger charge is 2.30. The minimum atomic E-state index is -1.01. The fourth-order valence-corrected chi connectivity index (χ4v) is 3.66. The van der Waals surface area contributed by atoms with E-state index in [9.17, 15) is 4.79 Å². The fourth-order valence-electron chi connectivity index (χ4n) is 2.50. The Kier molecular flexibility index (Phi) is 4.06. The lowest BCUT2D eigenvalue weighted by atomic mass is 9.75. The Morgan fingerprint density at radius 2 is 2.05 bits per heavy atom. The summed E-state index contributed by atoms with van der Waals surface area (Å²) in [4.78, 5) is 17.4. The van der Waals surface area contributed by atoms with E-state index >= 15 is 0 Å². The molecule has 2 rings (SSSR count). The van der Waals surface area contributed by atoms with Crippen LogP contribution in [0.3, 0.4) is 0 Å². The second kappa shape index (κ2) is 5.29. The van der Waals surface area contributed by atoms with Crippen molar-refractivity contribution in [2.75, 3.05) is 11.9 Å². The van der Waals surface area contributed by atoms with Gasteiger partial charge in [0.25, 0.3) is 0 Å². The lowest BCUT2D eigenvalue weighted by Crippen LogP contribution is -2.37. The highest BCUT2D eigenvalue weighted by molar-refractivity contribution is 7.18. The molecule has 0 unspecified atom stereocenters. The van der Waals surface area contributed by atoms with Gasteiger partial charge in [-0.2, -0.15) is 0 Å². The van der Waals surface area contributed by atoms with Gasteiger partial charge in [0.1, 0.15) is 0 Å². The first-order valence-electron chi connectivity index (χ1n) is 6.42. The van der Waals surface area contributed by atoms with Crippen LogP contribution in [0.4, 0.5) is 5.13 Å². The normalized spacial score (nSPS) is 19.4. The van der Waals surface area contributed by atoms with Crippen LogP contribution >= 0.6 is 22.9 Å². The molecule has 1 N–H and O–H groups in total. The number of carboxylic acids is 1. The Hall–Kier alpha value is -0.810. The largest absolute Gasteiger partial charge is 0.477 e. The van der Waals surface area contributed by atoms with Crippen molar-refractivity contribution in [2.45, 2.75) is 45.6 Å². The number of carbonyl (C=O) groups is 1. The highest BCUT2D eigenvalue weighted by atomic mass is 35.5. The smallest absolute Gasteiger partial charge is 0.349 e. The van der Waals surface area contributed by atoms with Crippen molar-refractivity contribution in [3.8, 4) is 0 Å². The zero-order chi connectivity index (χ0) is 14.2. The van der Waals surface area contributed by atoms with Crippen LogP contribution in [0.5, 0.6) is 0 Å².